The number of anilines is 1. The molecule has 13 heteroatoms. The first kappa shape index (κ1) is 29.3. The Labute approximate surface area is 206 Å². The van der Waals surface area contributed by atoms with Crippen molar-refractivity contribution >= 4 is 23.4 Å². The number of amides is 1. The molecule has 0 bridgehead atoms. The van der Waals surface area contributed by atoms with Crippen LogP contribution in [0, 0.1) is 0 Å². The van der Waals surface area contributed by atoms with E-state index in [4.69, 9.17) is 11.6 Å². The largest absolute Gasteiger partial charge is 0.434 e. The number of benzene rings is 1. The second-order valence-corrected chi connectivity index (χ2v) is 8.98. The van der Waals surface area contributed by atoms with Gasteiger partial charge in [-0.05, 0) is 44.6 Å². The maximum absolute atomic E-state index is 12.5. The van der Waals surface area contributed by atoms with Gasteiger partial charge in [0.15, 0.2) is 0 Å². The molecule has 1 fully saturated rings. The molecule has 35 heavy (non-hydrogen) atoms. The Hall–Kier alpha value is -1.92. The molecule has 1 N–H and O–H groups in total. The van der Waals surface area contributed by atoms with E-state index in [9.17, 15) is 31.1 Å². The molecular weight excluding hydrogens is 502 g/mol. The summed E-state index contributed by atoms with van der Waals surface area (Å²) in [5.41, 5.74) is 2.07. The summed E-state index contributed by atoms with van der Waals surface area (Å²) in [4.78, 5) is 18.1. The number of carbonyl (C=O) groups is 1. The quantitative estimate of drug-likeness (QED) is 0.458. The lowest BCUT2D eigenvalue weighted by molar-refractivity contribution is -0.307. The average Bonchev–Trinajstić information content (AvgIpc) is 2.77. The molecule has 1 saturated heterocycles. The number of piperazine rings is 1. The number of likely N-dealkylation sites (N-methyl/N-ethyl adjacent to an activating group) is 1. The molecule has 2 rings (SSSR count). The Morgan fingerprint density at radius 1 is 1.14 bits per heavy atom. The minimum atomic E-state index is -5.75. The summed E-state index contributed by atoms with van der Waals surface area (Å²) in [6.07, 6.45) is -17.2. The van der Waals surface area contributed by atoms with Crippen LogP contribution in [0.3, 0.4) is 0 Å². The third-order valence-corrected chi connectivity index (χ3v) is 6.27. The van der Waals surface area contributed by atoms with Crippen LogP contribution >= 0.6 is 11.6 Å². The summed E-state index contributed by atoms with van der Waals surface area (Å²) in [5.74, 6) is 0. The van der Waals surface area contributed by atoms with Crippen LogP contribution in [0.5, 0.6) is 0 Å². The van der Waals surface area contributed by atoms with Gasteiger partial charge in [-0.15, -0.1) is 0 Å². The lowest BCUT2D eigenvalue weighted by Gasteiger charge is -2.37. The lowest BCUT2D eigenvalue weighted by atomic mass is 10.1. The molecule has 1 amide bonds. The smallest absolute Gasteiger partial charge is 0.427 e. The van der Waals surface area contributed by atoms with Crippen LogP contribution in [0.4, 0.5) is 36.8 Å². The maximum atomic E-state index is 12.5. The highest BCUT2D eigenvalue weighted by Crippen LogP contribution is 2.35. The van der Waals surface area contributed by atoms with Crippen LogP contribution < -0.4 is 10.2 Å². The van der Waals surface area contributed by atoms with Crippen molar-refractivity contribution in [3.05, 3.63) is 28.8 Å². The van der Waals surface area contributed by atoms with E-state index < -0.39 is 24.5 Å². The first-order chi connectivity index (χ1) is 16.2. The number of nitrogens with zero attached hydrogens (tertiary/aromatic N) is 3. The highest BCUT2D eigenvalue weighted by atomic mass is 35.5. The van der Waals surface area contributed by atoms with Gasteiger partial charge in [-0.3, -0.25) is 4.90 Å². The highest BCUT2D eigenvalue weighted by Gasteiger charge is 2.60. The minimum absolute atomic E-state index is 0.142. The summed E-state index contributed by atoms with van der Waals surface area (Å²) in [6, 6.07) is 5.52. The van der Waals surface area contributed by atoms with Crippen LogP contribution in [0.1, 0.15) is 25.8 Å². The van der Waals surface area contributed by atoms with Crippen molar-refractivity contribution in [3.8, 4) is 0 Å². The fourth-order valence-corrected chi connectivity index (χ4v) is 3.93. The summed E-state index contributed by atoms with van der Waals surface area (Å²) in [5, 5.41) is 2.59. The molecule has 1 aliphatic rings. The zero-order valence-electron chi connectivity index (χ0n) is 19.8. The Kier molecular flexibility index (Phi) is 10.3. The van der Waals surface area contributed by atoms with Gasteiger partial charge in [0.05, 0.1) is 0 Å². The molecule has 0 radical (unpaired) electrons. The third-order valence-electron chi connectivity index (χ3n) is 6.03. The highest BCUT2D eigenvalue weighted by molar-refractivity contribution is 6.30. The Morgan fingerprint density at radius 2 is 1.74 bits per heavy atom. The van der Waals surface area contributed by atoms with E-state index in [1.165, 1.54) is 0 Å². The third kappa shape index (κ3) is 8.91. The van der Waals surface area contributed by atoms with Gasteiger partial charge >= 0.3 is 18.4 Å². The predicted octanol–water partition coefficient (Wildman–Crippen LogP) is 4.91. The molecule has 1 unspecified atom stereocenters. The average molecular weight is 533 g/mol. The first-order valence-corrected chi connectivity index (χ1v) is 11.6. The van der Waals surface area contributed by atoms with Gasteiger partial charge in [-0.2, -0.15) is 26.3 Å². The van der Waals surface area contributed by atoms with Crippen LogP contribution in [-0.4, -0.2) is 86.7 Å². The van der Waals surface area contributed by atoms with E-state index in [1.807, 2.05) is 36.3 Å². The molecular formula is C22H31ClF6N4O2. The van der Waals surface area contributed by atoms with Crippen molar-refractivity contribution in [2.75, 3.05) is 51.2 Å². The number of carbonyl (C=O) groups excluding carboxylic acids is 1. The van der Waals surface area contributed by atoms with Crippen molar-refractivity contribution in [2.45, 2.75) is 51.3 Å². The summed E-state index contributed by atoms with van der Waals surface area (Å²) >= 11 is 6.24. The van der Waals surface area contributed by atoms with Gasteiger partial charge in [-0.1, -0.05) is 24.6 Å². The van der Waals surface area contributed by atoms with Crippen LogP contribution in [0.25, 0.3) is 0 Å². The molecule has 1 atom stereocenters. The van der Waals surface area contributed by atoms with E-state index in [0.29, 0.717) is 11.6 Å². The fourth-order valence-electron chi connectivity index (χ4n) is 3.77. The van der Waals surface area contributed by atoms with Gasteiger partial charge in [0.25, 0.3) is 6.10 Å². The van der Waals surface area contributed by atoms with Gasteiger partial charge < -0.3 is 19.9 Å². The fraction of sp³-hybridized carbons (Fsp3) is 0.682. The molecule has 1 aromatic rings. The molecule has 200 valence electrons. The minimum Gasteiger partial charge on any atom is -0.427 e. The molecule has 6 nitrogen and oxygen atoms in total. The maximum Gasteiger partial charge on any atom is 0.434 e. The number of ether oxygens (including phenoxy) is 1. The molecule has 0 spiro atoms. The van der Waals surface area contributed by atoms with Gasteiger partial charge in [0.2, 0.25) is 0 Å². The Morgan fingerprint density at radius 3 is 2.29 bits per heavy atom. The standard InChI is InChI=1S/C22H31ClF6N4O2/c1-4-32-9-11-33(12-10-32)18-13-17(23)6-5-16(18)14-31(3)15(2)7-8-30-20(34)35-19(21(24,25)26)22(27,28)29/h5-6,13,15,19H,4,7-12,14H2,1-3H3,(H,30,34). The number of halogens is 7. The van der Waals surface area contributed by atoms with Crippen molar-refractivity contribution < 1.29 is 35.9 Å². The first-order valence-electron chi connectivity index (χ1n) is 11.3. The van der Waals surface area contributed by atoms with E-state index >= 15 is 0 Å². The molecule has 0 saturated carbocycles. The zero-order valence-corrected chi connectivity index (χ0v) is 20.6. The van der Waals surface area contributed by atoms with Crippen LogP contribution in [0.2, 0.25) is 5.02 Å². The normalized spacial score (nSPS) is 16.6. The van der Waals surface area contributed by atoms with E-state index in [-0.39, 0.29) is 19.0 Å². The zero-order chi connectivity index (χ0) is 26.4. The summed E-state index contributed by atoms with van der Waals surface area (Å²) < 4.78 is 78.7. The van der Waals surface area contributed by atoms with E-state index in [0.717, 1.165) is 44.0 Å². The molecule has 0 aliphatic carbocycles. The molecule has 1 aromatic carbocycles. The molecule has 0 aromatic heterocycles. The number of hydrogen-bond donors (Lipinski definition) is 1. The van der Waals surface area contributed by atoms with Crippen LogP contribution in [-0.2, 0) is 11.3 Å². The topological polar surface area (TPSA) is 48.0 Å². The molecule has 1 heterocycles. The van der Waals surface area contributed by atoms with Crippen LogP contribution in [0.15, 0.2) is 18.2 Å². The summed E-state index contributed by atoms with van der Waals surface area (Å²) in [6.45, 7) is 8.96. The number of alkyl halides is 6. The van der Waals surface area contributed by atoms with Gasteiger partial charge in [0, 0.05) is 56.0 Å². The van der Waals surface area contributed by atoms with Crippen molar-refractivity contribution in [2.24, 2.45) is 0 Å². The number of rotatable bonds is 9. The van der Waals surface area contributed by atoms with Crippen molar-refractivity contribution in [1.82, 2.24) is 15.1 Å². The summed E-state index contributed by atoms with van der Waals surface area (Å²) in [7, 11) is 1.85. The van der Waals surface area contributed by atoms with Crippen molar-refractivity contribution in [1.29, 1.82) is 0 Å². The lowest BCUT2D eigenvalue weighted by Crippen LogP contribution is -2.47. The SMILES string of the molecule is CCN1CCN(c2cc(Cl)ccc2CN(C)C(C)CCNC(=O)OC(C(F)(F)F)C(F)(F)F)CC1. The monoisotopic (exact) mass is 532 g/mol. The number of alkyl carbamates (subject to hydrolysis) is 1. The second kappa shape index (κ2) is 12.4. The predicted molar refractivity (Wildman–Crippen MR) is 122 cm³/mol. The Balaban J connectivity index is 1.90. The number of hydrogen-bond acceptors (Lipinski definition) is 5. The van der Waals surface area contributed by atoms with Gasteiger partial charge in [0.1, 0.15) is 0 Å². The second-order valence-electron chi connectivity index (χ2n) is 8.54. The van der Waals surface area contributed by atoms with Gasteiger partial charge in [-0.25, -0.2) is 4.79 Å². The molecule has 1 aliphatic heterocycles. The van der Waals surface area contributed by atoms with Crippen molar-refractivity contribution in [3.63, 3.8) is 0 Å². The number of nitrogens with one attached hydrogen (secondary N) is 1. The Bertz CT molecular complexity index is 817. The van der Waals surface area contributed by atoms with E-state index in [2.05, 4.69) is 21.5 Å². The van der Waals surface area contributed by atoms with E-state index in [1.54, 1.807) is 6.07 Å².